The molecule has 0 unspecified atom stereocenters. The van der Waals surface area contributed by atoms with Crippen LogP contribution in [-0.2, 0) is 11.3 Å². The SMILES string of the molecule is COCCN(CCO)Cc1ccc(C)cc1Cl. The molecule has 0 aliphatic heterocycles. The van der Waals surface area contributed by atoms with Crippen LogP contribution in [0.1, 0.15) is 11.1 Å². The van der Waals surface area contributed by atoms with Crippen LogP contribution in [0, 0.1) is 6.92 Å². The van der Waals surface area contributed by atoms with E-state index < -0.39 is 0 Å². The van der Waals surface area contributed by atoms with Gasteiger partial charge < -0.3 is 9.84 Å². The predicted octanol–water partition coefficient (Wildman–Crippen LogP) is 2.09. The van der Waals surface area contributed by atoms with E-state index in [4.69, 9.17) is 21.4 Å². The van der Waals surface area contributed by atoms with Gasteiger partial charge in [-0.25, -0.2) is 0 Å². The van der Waals surface area contributed by atoms with Gasteiger partial charge in [-0.1, -0.05) is 23.7 Å². The Kier molecular flexibility index (Phi) is 6.52. The first-order chi connectivity index (χ1) is 8.17. The molecule has 0 spiro atoms. The lowest BCUT2D eigenvalue weighted by atomic mass is 10.1. The molecule has 1 N–H and O–H groups in total. The van der Waals surface area contributed by atoms with E-state index in [-0.39, 0.29) is 6.61 Å². The molecular formula is C13H20ClNO2. The second-order valence-electron chi connectivity index (χ2n) is 4.09. The Labute approximate surface area is 108 Å². The summed E-state index contributed by atoms with van der Waals surface area (Å²) < 4.78 is 5.05. The fourth-order valence-electron chi connectivity index (χ4n) is 1.65. The molecule has 4 heteroatoms. The molecule has 0 heterocycles. The maximum absolute atomic E-state index is 9.01. The molecule has 3 nitrogen and oxygen atoms in total. The molecule has 0 fully saturated rings. The minimum Gasteiger partial charge on any atom is -0.395 e. The molecule has 0 radical (unpaired) electrons. The lowest BCUT2D eigenvalue weighted by Crippen LogP contribution is -2.29. The van der Waals surface area contributed by atoms with E-state index in [9.17, 15) is 0 Å². The van der Waals surface area contributed by atoms with Gasteiger partial charge in [0.05, 0.1) is 13.2 Å². The largest absolute Gasteiger partial charge is 0.395 e. The van der Waals surface area contributed by atoms with Crippen molar-refractivity contribution in [1.29, 1.82) is 0 Å². The highest BCUT2D eigenvalue weighted by molar-refractivity contribution is 6.31. The van der Waals surface area contributed by atoms with Crippen molar-refractivity contribution >= 4 is 11.6 Å². The van der Waals surface area contributed by atoms with E-state index in [1.807, 2.05) is 19.1 Å². The maximum Gasteiger partial charge on any atom is 0.0589 e. The van der Waals surface area contributed by atoms with Crippen LogP contribution >= 0.6 is 11.6 Å². The van der Waals surface area contributed by atoms with E-state index >= 15 is 0 Å². The van der Waals surface area contributed by atoms with Gasteiger partial charge in [0.2, 0.25) is 0 Å². The number of hydrogen-bond donors (Lipinski definition) is 1. The molecular weight excluding hydrogens is 238 g/mol. The second kappa shape index (κ2) is 7.67. The summed E-state index contributed by atoms with van der Waals surface area (Å²) in [6, 6.07) is 6.05. The van der Waals surface area contributed by atoms with E-state index in [1.54, 1.807) is 7.11 Å². The third kappa shape index (κ3) is 5.04. The van der Waals surface area contributed by atoms with Crippen molar-refractivity contribution in [2.24, 2.45) is 0 Å². The number of aliphatic hydroxyl groups excluding tert-OH is 1. The van der Waals surface area contributed by atoms with Gasteiger partial charge in [0.1, 0.15) is 0 Å². The molecule has 0 aliphatic rings. The fraction of sp³-hybridized carbons (Fsp3) is 0.538. The van der Waals surface area contributed by atoms with Gasteiger partial charge in [0, 0.05) is 31.8 Å². The number of aryl methyl sites for hydroxylation is 1. The molecule has 0 atom stereocenters. The molecule has 17 heavy (non-hydrogen) atoms. The number of halogens is 1. The number of nitrogens with zero attached hydrogens (tertiary/aromatic N) is 1. The standard InChI is InChI=1S/C13H20ClNO2/c1-11-3-4-12(13(14)9-11)10-15(5-7-16)6-8-17-2/h3-4,9,16H,5-8,10H2,1-2H3. The molecule has 1 aromatic rings. The zero-order valence-electron chi connectivity index (χ0n) is 10.4. The molecule has 0 saturated carbocycles. The fourth-order valence-corrected chi connectivity index (χ4v) is 1.95. The average Bonchev–Trinajstić information content (AvgIpc) is 2.29. The Morgan fingerprint density at radius 3 is 2.71 bits per heavy atom. The van der Waals surface area contributed by atoms with Crippen LogP contribution in [0.25, 0.3) is 0 Å². The van der Waals surface area contributed by atoms with Crippen molar-refractivity contribution in [3.63, 3.8) is 0 Å². The van der Waals surface area contributed by atoms with Crippen LogP contribution in [-0.4, -0.2) is 43.4 Å². The second-order valence-corrected chi connectivity index (χ2v) is 4.49. The van der Waals surface area contributed by atoms with Crippen molar-refractivity contribution in [3.05, 3.63) is 34.3 Å². The van der Waals surface area contributed by atoms with Crippen molar-refractivity contribution < 1.29 is 9.84 Å². The van der Waals surface area contributed by atoms with Crippen LogP contribution in [0.4, 0.5) is 0 Å². The minimum atomic E-state index is 0.146. The Balaban J connectivity index is 2.64. The first-order valence-electron chi connectivity index (χ1n) is 5.74. The van der Waals surface area contributed by atoms with Gasteiger partial charge in [-0.15, -0.1) is 0 Å². The normalized spacial score (nSPS) is 11.1. The zero-order chi connectivity index (χ0) is 12.7. The van der Waals surface area contributed by atoms with Crippen molar-refractivity contribution in [2.75, 3.05) is 33.4 Å². The highest BCUT2D eigenvalue weighted by Crippen LogP contribution is 2.19. The average molecular weight is 258 g/mol. The highest BCUT2D eigenvalue weighted by Gasteiger charge is 2.08. The minimum absolute atomic E-state index is 0.146. The van der Waals surface area contributed by atoms with Crippen LogP contribution in [0.5, 0.6) is 0 Å². The van der Waals surface area contributed by atoms with E-state index in [0.29, 0.717) is 13.2 Å². The van der Waals surface area contributed by atoms with E-state index in [2.05, 4.69) is 11.0 Å². The Hall–Kier alpha value is -0.610. The summed E-state index contributed by atoms with van der Waals surface area (Å²) >= 11 is 6.19. The number of benzene rings is 1. The van der Waals surface area contributed by atoms with Crippen LogP contribution in [0.3, 0.4) is 0 Å². The summed E-state index contributed by atoms with van der Waals surface area (Å²) in [6.45, 7) is 4.99. The lowest BCUT2D eigenvalue weighted by molar-refractivity contribution is 0.127. The van der Waals surface area contributed by atoms with Gasteiger partial charge >= 0.3 is 0 Å². The monoisotopic (exact) mass is 257 g/mol. The van der Waals surface area contributed by atoms with Gasteiger partial charge in [-0.05, 0) is 24.1 Å². The molecule has 0 bridgehead atoms. The molecule has 0 amide bonds. The molecule has 96 valence electrons. The number of rotatable bonds is 7. The number of hydrogen-bond acceptors (Lipinski definition) is 3. The highest BCUT2D eigenvalue weighted by atomic mass is 35.5. The van der Waals surface area contributed by atoms with Crippen molar-refractivity contribution in [2.45, 2.75) is 13.5 Å². The quantitative estimate of drug-likeness (QED) is 0.812. The van der Waals surface area contributed by atoms with Crippen molar-refractivity contribution in [1.82, 2.24) is 4.90 Å². The molecule has 1 rings (SSSR count). The van der Waals surface area contributed by atoms with Crippen molar-refractivity contribution in [3.8, 4) is 0 Å². The van der Waals surface area contributed by atoms with Gasteiger partial charge in [-0.3, -0.25) is 4.90 Å². The summed E-state index contributed by atoms with van der Waals surface area (Å²) in [7, 11) is 1.68. The topological polar surface area (TPSA) is 32.7 Å². The maximum atomic E-state index is 9.01. The Bertz CT molecular complexity index is 344. The summed E-state index contributed by atoms with van der Waals surface area (Å²) in [5, 5.41) is 9.79. The summed E-state index contributed by atoms with van der Waals surface area (Å²) in [5.74, 6) is 0. The third-order valence-corrected chi connectivity index (χ3v) is 2.98. The first-order valence-corrected chi connectivity index (χ1v) is 6.12. The Morgan fingerprint density at radius 2 is 2.12 bits per heavy atom. The van der Waals surface area contributed by atoms with Crippen LogP contribution in [0.15, 0.2) is 18.2 Å². The number of aliphatic hydroxyl groups is 1. The number of ether oxygens (including phenoxy) is 1. The molecule has 0 aromatic heterocycles. The smallest absolute Gasteiger partial charge is 0.0589 e. The van der Waals surface area contributed by atoms with Gasteiger partial charge in [0.25, 0.3) is 0 Å². The van der Waals surface area contributed by atoms with Gasteiger partial charge in [-0.2, -0.15) is 0 Å². The molecule has 0 saturated heterocycles. The predicted molar refractivity (Wildman–Crippen MR) is 70.4 cm³/mol. The molecule has 0 aliphatic carbocycles. The van der Waals surface area contributed by atoms with E-state index in [0.717, 1.165) is 29.2 Å². The van der Waals surface area contributed by atoms with Crippen LogP contribution < -0.4 is 0 Å². The Morgan fingerprint density at radius 1 is 1.35 bits per heavy atom. The zero-order valence-corrected chi connectivity index (χ0v) is 11.2. The van der Waals surface area contributed by atoms with Crippen LogP contribution in [0.2, 0.25) is 5.02 Å². The number of methoxy groups -OCH3 is 1. The lowest BCUT2D eigenvalue weighted by Gasteiger charge is -2.21. The molecule has 1 aromatic carbocycles. The third-order valence-electron chi connectivity index (χ3n) is 2.63. The van der Waals surface area contributed by atoms with E-state index in [1.165, 1.54) is 0 Å². The first kappa shape index (κ1) is 14.5. The summed E-state index contributed by atoms with van der Waals surface area (Å²) in [6.07, 6.45) is 0. The summed E-state index contributed by atoms with van der Waals surface area (Å²) in [4.78, 5) is 2.13. The van der Waals surface area contributed by atoms with Gasteiger partial charge in [0.15, 0.2) is 0 Å². The summed E-state index contributed by atoms with van der Waals surface area (Å²) in [5.41, 5.74) is 2.24.